The van der Waals surface area contributed by atoms with Crippen molar-refractivity contribution in [3.8, 4) is 11.6 Å². The molecule has 6 nitrogen and oxygen atoms in total. The van der Waals surface area contributed by atoms with Gasteiger partial charge in [-0.2, -0.15) is 13.2 Å². The van der Waals surface area contributed by atoms with Crippen LogP contribution in [0, 0.1) is 12.8 Å². The summed E-state index contributed by atoms with van der Waals surface area (Å²) in [6, 6.07) is 5.90. The number of halogens is 3. The van der Waals surface area contributed by atoms with Crippen molar-refractivity contribution in [1.29, 1.82) is 0 Å². The topological polar surface area (TPSA) is 60.0 Å². The molecular formula is C22H24F3N5OS. The number of benzene rings is 1. The van der Waals surface area contributed by atoms with Crippen LogP contribution in [0.5, 0.6) is 0 Å². The molecule has 1 saturated carbocycles. The standard InChI is InChI=1S/C22H24F3N5OS/c1-14-18(31-13-26-14)19-27-28-20(29(19)2)32-8-4-7-30-11-17-10-21(17,12-30)15-5-3-6-16(9-15)22(23,24)25/h3,5-6,9,13,17H,4,7-8,10-12H2,1-2H3/t17-,21?/m1/s1. The van der Waals surface area contributed by atoms with Gasteiger partial charge in [-0.25, -0.2) is 4.98 Å². The van der Waals surface area contributed by atoms with Gasteiger partial charge in [0.05, 0.1) is 11.3 Å². The van der Waals surface area contributed by atoms with E-state index in [0.717, 1.165) is 60.7 Å². The molecule has 0 N–H and O–H groups in total. The Morgan fingerprint density at radius 1 is 1.28 bits per heavy atom. The minimum atomic E-state index is -4.29. The first kappa shape index (κ1) is 21.5. The molecule has 2 fully saturated rings. The van der Waals surface area contributed by atoms with Gasteiger partial charge in [0.25, 0.3) is 0 Å². The molecule has 1 aliphatic heterocycles. The molecule has 10 heteroatoms. The molecule has 3 heterocycles. The molecule has 1 aliphatic carbocycles. The molecule has 0 amide bonds. The Bertz CT molecular complexity index is 1130. The Morgan fingerprint density at radius 3 is 2.88 bits per heavy atom. The summed E-state index contributed by atoms with van der Waals surface area (Å²) in [5, 5.41) is 9.31. The highest BCUT2D eigenvalue weighted by molar-refractivity contribution is 7.99. The van der Waals surface area contributed by atoms with Gasteiger partial charge in [-0.1, -0.05) is 30.0 Å². The summed E-state index contributed by atoms with van der Waals surface area (Å²) in [6.07, 6.45) is -0.931. The van der Waals surface area contributed by atoms with Crippen LogP contribution < -0.4 is 0 Å². The third-order valence-corrected chi connectivity index (χ3v) is 7.72. The van der Waals surface area contributed by atoms with Crippen molar-refractivity contribution in [2.24, 2.45) is 13.0 Å². The van der Waals surface area contributed by atoms with Crippen molar-refractivity contribution in [2.75, 3.05) is 25.4 Å². The number of nitrogens with zero attached hydrogens (tertiary/aromatic N) is 5. The SMILES string of the molecule is Cc1ncoc1-c1nnc(SCCCN2C[C@H]3CC3(c3cccc(C(F)(F)F)c3)C2)n1C. The predicted molar refractivity (Wildman–Crippen MR) is 114 cm³/mol. The quantitative estimate of drug-likeness (QED) is 0.378. The van der Waals surface area contributed by atoms with Gasteiger partial charge in [0.2, 0.25) is 5.82 Å². The summed E-state index contributed by atoms with van der Waals surface area (Å²) in [7, 11) is 1.91. The molecule has 0 radical (unpaired) electrons. The van der Waals surface area contributed by atoms with E-state index in [1.807, 2.05) is 24.6 Å². The molecule has 0 spiro atoms. The summed E-state index contributed by atoms with van der Waals surface area (Å²) in [5.74, 6) is 2.64. The van der Waals surface area contributed by atoms with Crippen LogP contribution in [0.1, 0.15) is 29.7 Å². The zero-order valence-corrected chi connectivity index (χ0v) is 18.7. The van der Waals surface area contributed by atoms with Crippen LogP contribution >= 0.6 is 11.8 Å². The molecule has 170 valence electrons. The monoisotopic (exact) mass is 463 g/mol. The van der Waals surface area contributed by atoms with Crippen LogP contribution in [0.15, 0.2) is 40.2 Å². The van der Waals surface area contributed by atoms with Crippen LogP contribution in [0.4, 0.5) is 13.2 Å². The molecular weight excluding hydrogens is 439 g/mol. The Balaban J connectivity index is 1.14. The van der Waals surface area contributed by atoms with Crippen molar-refractivity contribution in [3.05, 3.63) is 47.5 Å². The lowest BCUT2D eigenvalue weighted by Crippen LogP contribution is -2.28. The highest BCUT2D eigenvalue weighted by atomic mass is 32.2. The largest absolute Gasteiger partial charge is 0.440 e. The second kappa shape index (κ2) is 7.91. The maximum absolute atomic E-state index is 13.1. The van der Waals surface area contributed by atoms with E-state index in [2.05, 4.69) is 20.1 Å². The molecule has 2 atom stereocenters. The van der Waals surface area contributed by atoms with Gasteiger partial charge in [-0.05, 0) is 43.9 Å². The van der Waals surface area contributed by atoms with E-state index in [4.69, 9.17) is 4.42 Å². The smallest absolute Gasteiger partial charge is 0.416 e. The highest BCUT2D eigenvalue weighted by Gasteiger charge is 2.60. The minimum Gasteiger partial charge on any atom is -0.440 e. The zero-order chi connectivity index (χ0) is 22.5. The van der Waals surface area contributed by atoms with E-state index in [0.29, 0.717) is 17.5 Å². The fraction of sp³-hybridized carbons (Fsp3) is 0.500. The number of alkyl halides is 3. The third-order valence-electron chi connectivity index (χ3n) is 6.61. The second-order valence-electron chi connectivity index (χ2n) is 8.70. The first-order chi connectivity index (χ1) is 15.3. The number of oxazole rings is 1. The Kier molecular flexibility index (Phi) is 5.32. The Labute approximate surface area is 188 Å². The predicted octanol–water partition coefficient (Wildman–Crippen LogP) is 4.55. The van der Waals surface area contributed by atoms with Gasteiger partial charge in [-0.3, -0.25) is 0 Å². The lowest BCUT2D eigenvalue weighted by atomic mass is 9.93. The van der Waals surface area contributed by atoms with Crippen molar-refractivity contribution in [1.82, 2.24) is 24.6 Å². The minimum absolute atomic E-state index is 0.0954. The van der Waals surface area contributed by atoms with Gasteiger partial charge in [0.1, 0.15) is 0 Å². The number of hydrogen-bond acceptors (Lipinski definition) is 6. The van der Waals surface area contributed by atoms with E-state index >= 15 is 0 Å². The Hall–Kier alpha value is -2.33. The van der Waals surface area contributed by atoms with Gasteiger partial charge in [0, 0.05) is 31.3 Å². The maximum atomic E-state index is 13.1. The van der Waals surface area contributed by atoms with E-state index in [1.165, 1.54) is 18.5 Å². The molecule has 1 aromatic carbocycles. The van der Waals surface area contributed by atoms with Crippen LogP contribution in [0.2, 0.25) is 0 Å². The maximum Gasteiger partial charge on any atom is 0.416 e. The van der Waals surface area contributed by atoms with Crippen LogP contribution in [-0.4, -0.2) is 50.0 Å². The fourth-order valence-corrected chi connectivity index (χ4v) is 5.65. The third kappa shape index (κ3) is 3.83. The molecule has 32 heavy (non-hydrogen) atoms. The molecule has 5 rings (SSSR count). The number of aryl methyl sites for hydroxylation is 1. The number of aromatic nitrogens is 4. The lowest BCUT2D eigenvalue weighted by molar-refractivity contribution is -0.137. The number of hydrogen-bond donors (Lipinski definition) is 0. The van der Waals surface area contributed by atoms with Crippen LogP contribution in [0.3, 0.4) is 0 Å². The molecule has 3 aromatic rings. The molecule has 1 unspecified atom stereocenters. The molecule has 1 saturated heterocycles. The second-order valence-corrected chi connectivity index (χ2v) is 9.77. The average molecular weight is 464 g/mol. The van der Waals surface area contributed by atoms with E-state index in [-0.39, 0.29) is 5.41 Å². The normalized spacial score (nSPS) is 23.0. The van der Waals surface area contributed by atoms with Crippen LogP contribution in [-0.2, 0) is 18.6 Å². The molecule has 2 aliphatic rings. The summed E-state index contributed by atoms with van der Waals surface area (Å²) in [4.78, 5) is 6.48. The van der Waals surface area contributed by atoms with Gasteiger partial charge in [0.15, 0.2) is 17.3 Å². The van der Waals surface area contributed by atoms with E-state index < -0.39 is 11.7 Å². The zero-order valence-electron chi connectivity index (χ0n) is 17.9. The fourth-order valence-electron chi connectivity index (χ4n) is 4.82. The van der Waals surface area contributed by atoms with Crippen molar-refractivity contribution >= 4 is 11.8 Å². The number of rotatable bonds is 7. The van der Waals surface area contributed by atoms with Gasteiger partial charge >= 0.3 is 6.18 Å². The summed E-state index contributed by atoms with van der Waals surface area (Å²) in [6.45, 7) is 4.59. The molecule has 0 bridgehead atoms. The summed E-state index contributed by atoms with van der Waals surface area (Å²) in [5.41, 5.74) is 0.971. The first-order valence-electron chi connectivity index (χ1n) is 10.6. The molecule has 2 aromatic heterocycles. The van der Waals surface area contributed by atoms with Gasteiger partial charge < -0.3 is 13.9 Å². The van der Waals surface area contributed by atoms with E-state index in [1.54, 1.807) is 11.8 Å². The van der Waals surface area contributed by atoms with E-state index in [9.17, 15) is 13.2 Å². The van der Waals surface area contributed by atoms with Crippen molar-refractivity contribution in [3.63, 3.8) is 0 Å². The number of thioether (sulfide) groups is 1. The first-order valence-corrected chi connectivity index (χ1v) is 11.6. The number of likely N-dealkylation sites (tertiary alicyclic amines) is 1. The lowest BCUT2D eigenvalue weighted by Gasteiger charge is -2.21. The Morgan fingerprint density at radius 2 is 2.12 bits per heavy atom. The van der Waals surface area contributed by atoms with Crippen molar-refractivity contribution in [2.45, 2.75) is 36.5 Å². The summed E-state index contributed by atoms with van der Waals surface area (Å²) < 4.78 is 46.7. The highest BCUT2D eigenvalue weighted by Crippen LogP contribution is 2.59. The van der Waals surface area contributed by atoms with Gasteiger partial charge in [-0.15, -0.1) is 10.2 Å². The average Bonchev–Trinajstić information content (AvgIpc) is 3.05. The summed E-state index contributed by atoms with van der Waals surface area (Å²) >= 11 is 1.64. The van der Waals surface area contributed by atoms with Crippen molar-refractivity contribution < 1.29 is 17.6 Å². The number of fused-ring (bicyclic) bond motifs is 1. The number of piperidine rings is 1. The van der Waals surface area contributed by atoms with Crippen LogP contribution in [0.25, 0.3) is 11.6 Å².